The van der Waals surface area contributed by atoms with E-state index >= 15 is 0 Å². The van der Waals surface area contributed by atoms with E-state index in [4.69, 9.17) is 0 Å². The van der Waals surface area contributed by atoms with Crippen LogP contribution in [0.15, 0.2) is 48.5 Å². The molecule has 0 spiro atoms. The van der Waals surface area contributed by atoms with Gasteiger partial charge < -0.3 is 40.9 Å². The zero-order valence-corrected chi connectivity index (χ0v) is 16.2. The van der Waals surface area contributed by atoms with Gasteiger partial charge in [-0.3, -0.25) is 9.59 Å². The van der Waals surface area contributed by atoms with Crippen LogP contribution in [0.4, 0.5) is 0 Å². The van der Waals surface area contributed by atoms with Crippen molar-refractivity contribution >= 4 is 11.9 Å². The van der Waals surface area contributed by atoms with Gasteiger partial charge in [0.25, 0.3) is 0 Å². The minimum absolute atomic E-state index is 0.207. The van der Waals surface area contributed by atoms with Crippen LogP contribution in [-0.4, -0.2) is 52.8 Å². The Hall–Kier alpha value is -4.60. The van der Waals surface area contributed by atoms with E-state index in [1.165, 1.54) is 0 Å². The van der Waals surface area contributed by atoms with Crippen molar-refractivity contribution in [2.24, 2.45) is 0 Å². The quantitative estimate of drug-likeness (QED) is 0.280. The predicted molar refractivity (Wildman–Crippen MR) is 108 cm³/mol. The molecule has 2 atom stereocenters. The summed E-state index contributed by atoms with van der Waals surface area (Å²) < 4.78 is 0. The number of aliphatic carboxylic acids is 2. The molecule has 0 heterocycles. The molecule has 0 bridgehead atoms. The first-order valence-corrected chi connectivity index (χ1v) is 9.06. The van der Waals surface area contributed by atoms with E-state index in [9.17, 15) is 50.4 Å². The van der Waals surface area contributed by atoms with Gasteiger partial charge in [0.1, 0.15) is 46.3 Å². The Morgan fingerprint density at radius 3 is 1.16 bits per heavy atom. The molecule has 3 aromatic rings. The second-order valence-electron chi connectivity index (χ2n) is 7.00. The highest BCUT2D eigenvalue weighted by molar-refractivity contribution is 5.85. The SMILES string of the molecule is O=C(O)C(c1ccc(O)cc1O)c1cc(C(C(=O)O)c2ccc(O)cc2O)c(O)cc1O. The largest absolute Gasteiger partial charge is 0.508 e. The standard InChI is InChI=1S/C22H18O10/c23-9-1-3-11(15(25)5-9)19(21(29)30)13-7-14(18(28)8-17(13)27)20(22(31)32)12-4-2-10(24)6-16(12)26/h1-8,19-20,23-28H,(H,29,30)(H,31,32). The Balaban J connectivity index is 2.25. The van der Waals surface area contributed by atoms with Crippen molar-refractivity contribution in [3.63, 3.8) is 0 Å². The summed E-state index contributed by atoms with van der Waals surface area (Å²) in [6.45, 7) is 0. The molecular formula is C22H18O10. The molecule has 0 aliphatic rings. The van der Waals surface area contributed by atoms with E-state index in [0.29, 0.717) is 0 Å². The summed E-state index contributed by atoms with van der Waals surface area (Å²) in [6.07, 6.45) is 0. The molecule has 8 N–H and O–H groups in total. The molecule has 0 aromatic heterocycles. The first-order chi connectivity index (χ1) is 15.0. The summed E-state index contributed by atoms with van der Waals surface area (Å²) in [4.78, 5) is 24.0. The Morgan fingerprint density at radius 2 is 0.844 bits per heavy atom. The first kappa shape index (κ1) is 22.1. The molecule has 32 heavy (non-hydrogen) atoms. The third-order valence-electron chi connectivity index (χ3n) is 4.94. The maximum Gasteiger partial charge on any atom is 0.315 e. The lowest BCUT2D eigenvalue weighted by Gasteiger charge is -2.21. The van der Waals surface area contributed by atoms with Crippen molar-refractivity contribution < 1.29 is 50.4 Å². The van der Waals surface area contributed by atoms with Crippen LogP contribution in [0.1, 0.15) is 34.1 Å². The van der Waals surface area contributed by atoms with Crippen LogP contribution < -0.4 is 0 Å². The third kappa shape index (κ3) is 4.01. The highest BCUT2D eigenvalue weighted by Gasteiger charge is 2.33. The number of carbonyl (C=O) groups is 2. The van der Waals surface area contributed by atoms with Gasteiger partial charge in [-0.1, -0.05) is 12.1 Å². The van der Waals surface area contributed by atoms with Crippen molar-refractivity contribution in [3.8, 4) is 34.5 Å². The van der Waals surface area contributed by atoms with E-state index < -0.39 is 46.8 Å². The second kappa shape index (κ2) is 8.26. The van der Waals surface area contributed by atoms with Gasteiger partial charge in [-0.05, 0) is 18.2 Å². The highest BCUT2D eigenvalue weighted by Crippen LogP contribution is 2.44. The molecule has 10 nitrogen and oxygen atoms in total. The number of aromatic hydroxyl groups is 6. The van der Waals surface area contributed by atoms with Crippen LogP contribution in [-0.2, 0) is 9.59 Å². The van der Waals surface area contributed by atoms with Gasteiger partial charge in [-0.2, -0.15) is 0 Å². The van der Waals surface area contributed by atoms with Crippen molar-refractivity contribution in [2.45, 2.75) is 11.8 Å². The van der Waals surface area contributed by atoms with Crippen LogP contribution in [0.25, 0.3) is 0 Å². The molecule has 2 unspecified atom stereocenters. The van der Waals surface area contributed by atoms with Gasteiger partial charge >= 0.3 is 11.9 Å². The molecule has 0 fully saturated rings. The lowest BCUT2D eigenvalue weighted by molar-refractivity contribution is -0.138. The van der Waals surface area contributed by atoms with Gasteiger partial charge in [-0.25, -0.2) is 0 Å². The minimum atomic E-state index is -1.70. The van der Waals surface area contributed by atoms with Gasteiger partial charge in [0.05, 0.1) is 0 Å². The van der Waals surface area contributed by atoms with Crippen LogP contribution in [0.2, 0.25) is 0 Å². The number of benzene rings is 3. The number of hydrogen-bond acceptors (Lipinski definition) is 8. The molecule has 0 aliphatic heterocycles. The van der Waals surface area contributed by atoms with Crippen molar-refractivity contribution in [2.75, 3.05) is 0 Å². The molecule has 0 amide bonds. The zero-order valence-electron chi connectivity index (χ0n) is 16.2. The molecule has 0 saturated carbocycles. The fourth-order valence-corrected chi connectivity index (χ4v) is 3.49. The number of carboxylic acid groups (broad SMARTS) is 2. The number of phenolic OH excluding ortho intramolecular Hbond substituents is 6. The Morgan fingerprint density at radius 1 is 0.500 bits per heavy atom. The average Bonchev–Trinajstić information content (AvgIpc) is 2.68. The molecule has 0 saturated heterocycles. The number of hydrogen-bond donors (Lipinski definition) is 8. The van der Waals surface area contributed by atoms with Gasteiger partial charge in [-0.15, -0.1) is 0 Å². The van der Waals surface area contributed by atoms with E-state index in [1.54, 1.807) is 0 Å². The topological polar surface area (TPSA) is 196 Å². The monoisotopic (exact) mass is 442 g/mol. The zero-order chi connectivity index (χ0) is 23.7. The van der Waals surface area contributed by atoms with Crippen molar-refractivity contribution in [1.82, 2.24) is 0 Å². The molecule has 166 valence electrons. The van der Waals surface area contributed by atoms with E-state index in [2.05, 4.69) is 0 Å². The molecule has 3 aromatic carbocycles. The summed E-state index contributed by atoms with van der Waals surface area (Å²) in [5.41, 5.74) is -1.12. The van der Waals surface area contributed by atoms with E-state index in [-0.39, 0.29) is 33.8 Å². The lowest BCUT2D eigenvalue weighted by atomic mass is 9.84. The number of rotatable bonds is 6. The molecule has 0 aliphatic carbocycles. The smallest absolute Gasteiger partial charge is 0.315 e. The second-order valence-corrected chi connectivity index (χ2v) is 7.00. The summed E-state index contributed by atoms with van der Waals surface area (Å²) in [5.74, 6) is -9.64. The fourth-order valence-electron chi connectivity index (χ4n) is 3.49. The number of carboxylic acids is 2. The Kier molecular flexibility index (Phi) is 5.71. The minimum Gasteiger partial charge on any atom is -0.508 e. The van der Waals surface area contributed by atoms with Crippen LogP contribution >= 0.6 is 0 Å². The fraction of sp³-hybridized carbons (Fsp3) is 0.0909. The molecule has 3 rings (SSSR count). The summed E-state index contributed by atoms with van der Waals surface area (Å²) in [7, 11) is 0. The first-order valence-electron chi connectivity index (χ1n) is 9.06. The van der Waals surface area contributed by atoms with E-state index in [0.717, 1.165) is 48.5 Å². The van der Waals surface area contributed by atoms with Crippen LogP contribution in [0, 0.1) is 0 Å². The van der Waals surface area contributed by atoms with Crippen molar-refractivity contribution in [3.05, 3.63) is 70.8 Å². The Labute approximate surface area is 180 Å². The third-order valence-corrected chi connectivity index (χ3v) is 4.94. The lowest BCUT2D eigenvalue weighted by Crippen LogP contribution is -2.17. The summed E-state index contributed by atoms with van der Waals surface area (Å²) in [5, 5.41) is 79.4. The maximum atomic E-state index is 12.0. The van der Waals surface area contributed by atoms with Crippen LogP contribution in [0.5, 0.6) is 34.5 Å². The summed E-state index contributed by atoms with van der Waals surface area (Å²) >= 11 is 0. The average molecular weight is 442 g/mol. The Bertz CT molecular complexity index is 1130. The molecular weight excluding hydrogens is 424 g/mol. The van der Waals surface area contributed by atoms with Gasteiger partial charge in [0, 0.05) is 40.5 Å². The summed E-state index contributed by atoms with van der Waals surface area (Å²) in [6, 6.07) is 7.99. The normalized spacial score (nSPS) is 12.8. The highest BCUT2D eigenvalue weighted by atomic mass is 16.4. The molecule has 10 heteroatoms. The predicted octanol–water partition coefficient (Wildman–Crippen LogP) is 2.35. The maximum absolute atomic E-state index is 12.0. The van der Waals surface area contributed by atoms with Gasteiger partial charge in [0.2, 0.25) is 0 Å². The number of phenols is 6. The van der Waals surface area contributed by atoms with E-state index in [1.807, 2.05) is 0 Å². The van der Waals surface area contributed by atoms with Crippen LogP contribution in [0.3, 0.4) is 0 Å². The van der Waals surface area contributed by atoms with Crippen molar-refractivity contribution in [1.29, 1.82) is 0 Å². The molecule has 0 radical (unpaired) electrons. The van der Waals surface area contributed by atoms with Gasteiger partial charge in [0.15, 0.2) is 0 Å².